The van der Waals surface area contributed by atoms with E-state index in [2.05, 4.69) is 4.98 Å². The highest BCUT2D eigenvalue weighted by molar-refractivity contribution is 6.32. The second-order valence-electron chi connectivity index (χ2n) is 5.37. The van der Waals surface area contributed by atoms with Crippen LogP contribution >= 0.6 is 11.6 Å². The first-order chi connectivity index (χ1) is 12.1. The molecule has 5 nitrogen and oxygen atoms in total. The van der Waals surface area contributed by atoms with Crippen LogP contribution in [0.5, 0.6) is 11.5 Å². The maximum Gasteiger partial charge on any atom is 0.338 e. The Balaban J connectivity index is 1.57. The molecule has 0 unspecified atom stereocenters. The number of halogens is 2. The zero-order valence-electron chi connectivity index (χ0n) is 12.8. The third kappa shape index (κ3) is 2.85. The third-order valence-corrected chi connectivity index (χ3v) is 4.10. The van der Waals surface area contributed by atoms with E-state index in [-0.39, 0.29) is 29.8 Å². The number of pyridine rings is 1. The maximum atomic E-state index is 13.8. The van der Waals surface area contributed by atoms with E-state index >= 15 is 0 Å². The molecule has 3 aromatic rings. The van der Waals surface area contributed by atoms with Gasteiger partial charge in [0.2, 0.25) is 6.79 Å². The minimum Gasteiger partial charge on any atom is -0.457 e. The molecule has 25 heavy (non-hydrogen) atoms. The van der Waals surface area contributed by atoms with Gasteiger partial charge in [-0.15, -0.1) is 0 Å². The number of fused-ring (bicyclic) bond motifs is 2. The van der Waals surface area contributed by atoms with Gasteiger partial charge in [0, 0.05) is 17.1 Å². The first-order valence-electron chi connectivity index (χ1n) is 7.42. The number of benzene rings is 2. The van der Waals surface area contributed by atoms with Crippen LogP contribution in [0.15, 0.2) is 42.6 Å². The molecule has 0 N–H and O–H groups in total. The minimum absolute atomic E-state index is 0.0430. The predicted octanol–water partition coefficient (Wildman–Crippen LogP) is 4.11. The van der Waals surface area contributed by atoms with Crippen LogP contribution in [0.2, 0.25) is 5.02 Å². The van der Waals surface area contributed by atoms with Crippen LogP contribution in [0, 0.1) is 5.82 Å². The normalized spacial score (nSPS) is 12.4. The average Bonchev–Trinajstić information content (AvgIpc) is 3.10. The topological polar surface area (TPSA) is 57.7 Å². The number of hydrogen-bond acceptors (Lipinski definition) is 5. The largest absolute Gasteiger partial charge is 0.457 e. The Morgan fingerprint density at radius 3 is 3.04 bits per heavy atom. The van der Waals surface area contributed by atoms with Crippen molar-refractivity contribution in [2.45, 2.75) is 6.61 Å². The molecule has 2 heterocycles. The van der Waals surface area contributed by atoms with E-state index in [0.717, 1.165) is 0 Å². The Morgan fingerprint density at radius 1 is 1.28 bits per heavy atom. The fraction of sp³-hybridized carbons (Fsp3) is 0.111. The highest BCUT2D eigenvalue weighted by Crippen LogP contribution is 2.40. The predicted molar refractivity (Wildman–Crippen MR) is 88.4 cm³/mol. The molecule has 7 heteroatoms. The molecule has 0 amide bonds. The summed E-state index contributed by atoms with van der Waals surface area (Å²) in [6, 6.07) is 9.11. The molecule has 0 atom stereocenters. The van der Waals surface area contributed by atoms with E-state index in [9.17, 15) is 9.18 Å². The number of hydrogen-bond donors (Lipinski definition) is 0. The van der Waals surface area contributed by atoms with E-state index in [1.807, 2.05) is 0 Å². The van der Waals surface area contributed by atoms with E-state index in [1.54, 1.807) is 24.4 Å². The lowest BCUT2D eigenvalue weighted by Crippen LogP contribution is -2.06. The van der Waals surface area contributed by atoms with Crippen LogP contribution in [0.1, 0.15) is 15.9 Å². The summed E-state index contributed by atoms with van der Waals surface area (Å²) >= 11 is 6.07. The Kier molecular flexibility index (Phi) is 3.89. The molecule has 0 aliphatic carbocycles. The molecule has 0 saturated carbocycles. The first kappa shape index (κ1) is 15.7. The fourth-order valence-electron chi connectivity index (χ4n) is 2.62. The van der Waals surface area contributed by atoms with Gasteiger partial charge in [0.05, 0.1) is 16.1 Å². The van der Waals surface area contributed by atoms with Gasteiger partial charge >= 0.3 is 5.97 Å². The van der Waals surface area contributed by atoms with Crippen molar-refractivity contribution in [2.75, 3.05) is 6.79 Å². The highest BCUT2D eigenvalue weighted by Gasteiger charge is 2.21. The summed E-state index contributed by atoms with van der Waals surface area (Å²) in [5, 5.41) is 0.651. The molecular weight excluding hydrogens is 349 g/mol. The summed E-state index contributed by atoms with van der Waals surface area (Å²) in [6.45, 7) is 0.0134. The van der Waals surface area contributed by atoms with Crippen molar-refractivity contribution in [1.82, 2.24) is 4.98 Å². The number of carbonyl (C=O) groups excluding carboxylic acids is 1. The van der Waals surface area contributed by atoms with E-state index < -0.39 is 5.97 Å². The average molecular weight is 360 g/mol. The van der Waals surface area contributed by atoms with Crippen LogP contribution in [-0.4, -0.2) is 17.7 Å². The molecule has 4 rings (SSSR count). The van der Waals surface area contributed by atoms with E-state index in [4.69, 9.17) is 25.8 Å². The molecule has 0 saturated heterocycles. The molecule has 1 aromatic heterocycles. The summed E-state index contributed by atoms with van der Waals surface area (Å²) in [4.78, 5) is 16.5. The van der Waals surface area contributed by atoms with Gasteiger partial charge in [0.1, 0.15) is 12.4 Å². The Hall–Kier alpha value is -2.86. The van der Waals surface area contributed by atoms with E-state index in [1.165, 1.54) is 18.2 Å². The van der Waals surface area contributed by atoms with Crippen molar-refractivity contribution in [3.05, 3.63) is 64.6 Å². The van der Waals surface area contributed by atoms with Gasteiger partial charge in [-0.25, -0.2) is 9.18 Å². The second kappa shape index (κ2) is 6.22. The van der Waals surface area contributed by atoms with Gasteiger partial charge < -0.3 is 14.2 Å². The lowest BCUT2D eigenvalue weighted by atomic mass is 10.1. The van der Waals surface area contributed by atoms with Crippen molar-refractivity contribution in [2.24, 2.45) is 0 Å². The Labute approximate surface area is 146 Å². The van der Waals surface area contributed by atoms with Crippen LogP contribution in [0.25, 0.3) is 10.9 Å². The lowest BCUT2D eigenvalue weighted by Gasteiger charge is -2.09. The SMILES string of the molecule is O=C(OCc1ccc(F)c2cccnc12)c1cc(Cl)c2c(c1)OCO2. The molecule has 1 aliphatic rings. The molecular formula is C18H11ClFNO4. The number of esters is 1. The molecule has 0 spiro atoms. The lowest BCUT2D eigenvalue weighted by molar-refractivity contribution is 0.0474. The summed E-state index contributed by atoms with van der Waals surface area (Å²) < 4.78 is 29.6. The van der Waals surface area contributed by atoms with Crippen LogP contribution in [0.3, 0.4) is 0 Å². The molecule has 2 aromatic carbocycles. The van der Waals surface area contributed by atoms with Crippen molar-refractivity contribution in [1.29, 1.82) is 0 Å². The molecule has 0 fully saturated rings. The van der Waals surface area contributed by atoms with Gasteiger partial charge in [0.25, 0.3) is 0 Å². The van der Waals surface area contributed by atoms with Crippen LogP contribution < -0.4 is 9.47 Å². The maximum absolute atomic E-state index is 13.8. The minimum atomic E-state index is -0.575. The van der Waals surface area contributed by atoms with Gasteiger partial charge in [-0.3, -0.25) is 4.98 Å². The molecule has 0 radical (unpaired) electrons. The van der Waals surface area contributed by atoms with E-state index in [0.29, 0.717) is 28.0 Å². The number of ether oxygens (including phenoxy) is 3. The molecule has 126 valence electrons. The first-order valence-corrected chi connectivity index (χ1v) is 7.79. The number of aromatic nitrogens is 1. The van der Waals surface area contributed by atoms with Crippen molar-refractivity contribution < 1.29 is 23.4 Å². The van der Waals surface area contributed by atoms with Crippen LogP contribution in [0.4, 0.5) is 4.39 Å². The standard InChI is InChI=1S/C18H11ClFNO4/c19-13-6-11(7-15-17(13)25-9-24-15)18(22)23-8-10-3-4-14(20)12-2-1-5-21-16(10)12/h1-7H,8-9H2. The summed E-state index contributed by atoms with van der Waals surface area (Å²) in [5.74, 6) is -0.144. The summed E-state index contributed by atoms with van der Waals surface area (Å²) in [5.41, 5.74) is 1.31. The number of rotatable bonds is 3. The van der Waals surface area contributed by atoms with Gasteiger partial charge in [-0.2, -0.15) is 0 Å². The summed E-state index contributed by atoms with van der Waals surface area (Å²) in [6.07, 6.45) is 1.56. The smallest absolute Gasteiger partial charge is 0.338 e. The zero-order chi connectivity index (χ0) is 17.4. The fourth-order valence-corrected chi connectivity index (χ4v) is 2.89. The Morgan fingerprint density at radius 2 is 2.16 bits per heavy atom. The van der Waals surface area contributed by atoms with Gasteiger partial charge in [-0.05, 0) is 30.3 Å². The van der Waals surface area contributed by atoms with Crippen molar-refractivity contribution in [3.8, 4) is 11.5 Å². The highest BCUT2D eigenvalue weighted by atomic mass is 35.5. The van der Waals surface area contributed by atoms with Gasteiger partial charge in [0.15, 0.2) is 11.5 Å². The quantitative estimate of drug-likeness (QED) is 0.658. The third-order valence-electron chi connectivity index (χ3n) is 3.82. The van der Waals surface area contributed by atoms with Crippen molar-refractivity contribution in [3.63, 3.8) is 0 Å². The van der Waals surface area contributed by atoms with Gasteiger partial charge in [-0.1, -0.05) is 17.7 Å². The second-order valence-corrected chi connectivity index (χ2v) is 5.78. The summed E-state index contributed by atoms with van der Waals surface area (Å²) in [7, 11) is 0. The Bertz CT molecular complexity index is 992. The monoisotopic (exact) mass is 359 g/mol. The van der Waals surface area contributed by atoms with Crippen molar-refractivity contribution >= 4 is 28.5 Å². The van der Waals surface area contributed by atoms with Crippen LogP contribution in [-0.2, 0) is 11.3 Å². The zero-order valence-corrected chi connectivity index (χ0v) is 13.5. The number of nitrogens with zero attached hydrogens (tertiary/aromatic N) is 1. The molecule has 0 bridgehead atoms. The number of carbonyl (C=O) groups is 1. The molecule has 1 aliphatic heterocycles.